The van der Waals surface area contributed by atoms with Crippen LogP contribution in [0.4, 0.5) is 11.4 Å². The van der Waals surface area contributed by atoms with E-state index in [0.29, 0.717) is 11.3 Å². The molecule has 0 aliphatic carbocycles. The Labute approximate surface area is 100 Å². The first kappa shape index (κ1) is 11.2. The summed E-state index contributed by atoms with van der Waals surface area (Å²) in [6, 6.07) is 12.7. The van der Waals surface area contributed by atoms with E-state index in [2.05, 4.69) is 4.99 Å². The zero-order valence-corrected chi connectivity index (χ0v) is 9.59. The van der Waals surface area contributed by atoms with Crippen molar-refractivity contribution in [1.82, 2.24) is 0 Å². The van der Waals surface area contributed by atoms with Gasteiger partial charge in [-0.25, -0.2) is 0 Å². The molecule has 2 rings (SSSR count). The summed E-state index contributed by atoms with van der Waals surface area (Å²) in [4.78, 5) is 4.30. The fourth-order valence-corrected chi connectivity index (χ4v) is 1.45. The topological polar surface area (TPSA) is 58.6 Å². The summed E-state index contributed by atoms with van der Waals surface area (Å²) in [6.07, 6.45) is 1.65. The average molecular weight is 226 g/mol. The molecule has 0 saturated carbocycles. The van der Waals surface area contributed by atoms with Crippen molar-refractivity contribution < 1.29 is 5.11 Å². The van der Waals surface area contributed by atoms with Crippen LogP contribution in [0.25, 0.3) is 0 Å². The fraction of sp³-hybridized carbons (Fsp3) is 0.0714. The van der Waals surface area contributed by atoms with Gasteiger partial charge in [-0.2, -0.15) is 0 Å². The molecule has 0 radical (unpaired) electrons. The van der Waals surface area contributed by atoms with Crippen molar-refractivity contribution in [2.45, 2.75) is 6.92 Å². The molecule has 17 heavy (non-hydrogen) atoms. The number of nitrogen functional groups attached to an aromatic ring is 1. The van der Waals surface area contributed by atoms with Gasteiger partial charge in [-0.1, -0.05) is 17.7 Å². The summed E-state index contributed by atoms with van der Waals surface area (Å²) in [7, 11) is 0. The number of hydrogen-bond donors (Lipinski definition) is 2. The van der Waals surface area contributed by atoms with Crippen LogP contribution in [0.3, 0.4) is 0 Å². The fourth-order valence-electron chi connectivity index (χ4n) is 1.45. The van der Waals surface area contributed by atoms with Gasteiger partial charge in [0.25, 0.3) is 0 Å². The molecule has 0 saturated heterocycles. The van der Waals surface area contributed by atoms with E-state index < -0.39 is 0 Å². The van der Waals surface area contributed by atoms with Gasteiger partial charge in [0.05, 0.1) is 5.69 Å². The quantitative estimate of drug-likeness (QED) is 0.469. The summed E-state index contributed by atoms with van der Waals surface area (Å²) in [5.41, 5.74) is 9.14. The van der Waals surface area contributed by atoms with E-state index in [1.54, 1.807) is 24.4 Å². The first-order chi connectivity index (χ1) is 8.15. The highest BCUT2D eigenvalue weighted by Gasteiger charge is 1.97. The second kappa shape index (κ2) is 4.70. The van der Waals surface area contributed by atoms with Crippen LogP contribution in [0, 0.1) is 6.92 Å². The van der Waals surface area contributed by atoms with Crippen LogP contribution in [-0.2, 0) is 0 Å². The predicted octanol–water partition coefficient (Wildman–Crippen LogP) is 3.03. The minimum atomic E-state index is 0.185. The maximum atomic E-state index is 9.35. The number of benzene rings is 2. The molecule has 2 aromatic carbocycles. The van der Waals surface area contributed by atoms with Gasteiger partial charge in [-0.05, 0) is 37.3 Å². The summed E-state index contributed by atoms with van der Waals surface area (Å²) >= 11 is 0. The first-order valence-corrected chi connectivity index (χ1v) is 5.34. The average Bonchev–Trinajstić information content (AvgIpc) is 2.32. The Hall–Kier alpha value is -2.29. The maximum Gasteiger partial charge on any atom is 0.116 e. The molecule has 3 N–H and O–H groups in total. The second-order valence-corrected chi connectivity index (χ2v) is 3.91. The van der Waals surface area contributed by atoms with Crippen molar-refractivity contribution in [3.05, 3.63) is 53.6 Å². The van der Waals surface area contributed by atoms with Crippen molar-refractivity contribution in [3.8, 4) is 5.75 Å². The highest BCUT2D eigenvalue weighted by Crippen LogP contribution is 2.18. The van der Waals surface area contributed by atoms with E-state index in [-0.39, 0.29) is 5.75 Å². The predicted molar refractivity (Wildman–Crippen MR) is 71.0 cm³/mol. The van der Waals surface area contributed by atoms with Crippen molar-refractivity contribution in [2.75, 3.05) is 5.73 Å². The minimum absolute atomic E-state index is 0.185. The summed E-state index contributed by atoms with van der Waals surface area (Å²) in [5, 5.41) is 9.35. The molecule has 0 aliphatic rings. The number of nitrogens with zero attached hydrogens (tertiary/aromatic N) is 1. The Morgan fingerprint density at radius 2 is 1.82 bits per heavy atom. The lowest BCUT2D eigenvalue weighted by molar-refractivity contribution is 0.475. The van der Waals surface area contributed by atoms with E-state index in [1.807, 2.05) is 31.2 Å². The zero-order valence-electron chi connectivity index (χ0n) is 9.59. The zero-order chi connectivity index (χ0) is 12.3. The number of phenols is 1. The molecule has 0 aromatic heterocycles. The van der Waals surface area contributed by atoms with Crippen molar-refractivity contribution in [1.29, 1.82) is 0 Å². The van der Waals surface area contributed by atoms with Crippen LogP contribution in [0.15, 0.2) is 47.5 Å². The lowest BCUT2D eigenvalue weighted by Gasteiger charge is -2.00. The van der Waals surface area contributed by atoms with Gasteiger partial charge in [0.2, 0.25) is 0 Å². The number of hydrogen-bond acceptors (Lipinski definition) is 3. The van der Waals surface area contributed by atoms with Crippen LogP contribution < -0.4 is 5.73 Å². The molecule has 0 amide bonds. The van der Waals surface area contributed by atoms with E-state index in [4.69, 9.17) is 5.73 Å². The Morgan fingerprint density at radius 3 is 2.53 bits per heavy atom. The third-order valence-corrected chi connectivity index (χ3v) is 2.46. The number of nitrogens with two attached hydrogens (primary N) is 1. The Morgan fingerprint density at radius 1 is 1.12 bits per heavy atom. The highest BCUT2D eigenvalue weighted by molar-refractivity contribution is 5.89. The summed E-state index contributed by atoms with van der Waals surface area (Å²) in [5.74, 6) is 0.185. The van der Waals surface area contributed by atoms with E-state index in [1.165, 1.54) is 5.56 Å². The highest BCUT2D eigenvalue weighted by atomic mass is 16.3. The van der Waals surface area contributed by atoms with Crippen LogP contribution >= 0.6 is 0 Å². The molecule has 0 bridgehead atoms. The molecular formula is C14H14N2O. The van der Waals surface area contributed by atoms with Crippen LogP contribution in [0.5, 0.6) is 5.75 Å². The molecule has 3 heteroatoms. The number of rotatable bonds is 2. The van der Waals surface area contributed by atoms with Crippen LogP contribution in [0.2, 0.25) is 0 Å². The second-order valence-electron chi connectivity index (χ2n) is 3.91. The van der Waals surface area contributed by atoms with Crippen LogP contribution in [-0.4, -0.2) is 11.3 Å². The van der Waals surface area contributed by atoms with Gasteiger partial charge >= 0.3 is 0 Å². The Bertz CT molecular complexity index is 545. The van der Waals surface area contributed by atoms with Crippen molar-refractivity contribution in [2.24, 2.45) is 4.99 Å². The Balaban J connectivity index is 2.25. The molecule has 0 fully saturated rings. The third kappa shape index (κ3) is 2.84. The molecule has 86 valence electrons. The molecular weight excluding hydrogens is 212 g/mol. The number of aliphatic imine (C=N–C) groups is 1. The SMILES string of the molecule is Cc1ccc(N=Cc2cc(O)ccc2N)cc1. The molecule has 3 nitrogen and oxygen atoms in total. The largest absolute Gasteiger partial charge is 0.508 e. The van der Waals surface area contributed by atoms with Gasteiger partial charge < -0.3 is 10.8 Å². The molecule has 0 atom stereocenters. The third-order valence-electron chi connectivity index (χ3n) is 2.46. The lowest BCUT2D eigenvalue weighted by Crippen LogP contribution is -1.91. The van der Waals surface area contributed by atoms with Gasteiger partial charge in [0, 0.05) is 17.5 Å². The van der Waals surface area contributed by atoms with Gasteiger partial charge in [0.1, 0.15) is 5.75 Å². The first-order valence-electron chi connectivity index (χ1n) is 5.34. The lowest BCUT2D eigenvalue weighted by atomic mass is 10.2. The van der Waals surface area contributed by atoms with E-state index >= 15 is 0 Å². The standard InChI is InChI=1S/C14H14N2O/c1-10-2-4-12(5-3-10)16-9-11-8-13(17)6-7-14(11)15/h2-9,17H,15H2,1H3. The van der Waals surface area contributed by atoms with E-state index in [9.17, 15) is 5.11 Å². The monoisotopic (exact) mass is 226 g/mol. The number of aromatic hydroxyl groups is 1. The molecule has 0 heterocycles. The number of anilines is 1. The number of aryl methyl sites for hydroxylation is 1. The molecule has 2 aromatic rings. The van der Waals surface area contributed by atoms with Gasteiger partial charge in [-0.15, -0.1) is 0 Å². The van der Waals surface area contributed by atoms with Crippen molar-refractivity contribution >= 4 is 17.6 Å². The maximum absolute atomic E-state index is 9.35. The van der Waals surface area contributed by atoms with Gasteiger partial charge in [-0.3, -0.25) is 4.99 Å². The molecule has 0 aliphatic heterocycles. The number of phenolic OH excluding ortho intramolecular Hbond substituents is 1. The summed E-state index contributed by atoms with van der Waals surface area (Å²) in [6.45, 7) is 2.03. The van der Waals surface area contributed by atoms with Crippen LogP contribution in [0.1, 0.15) is 11.1 Å². The summed E-state index contributed by atoms with van der Waals surface area (Å²) < 4.78 is 0. The molecule has 0 unspecified atom stereocenters. The van der Waals surface area contributed by atoms with Gasteiger partial charge in [0.15, 0.2) is 0 Å². The normalized spacial score (nSPS) is 10.9. The Kier molecular flexibility index (Phi) is 3.10. The van der Waals surface area contributed by atoms with Crippen molar-refractivity contribution in [3.63, 3.8) is 0 Å². The smallest absolute Gasteiger partial charge is 0.116 e. The minimum Gasteiger partial charge on any atom is -0.508 e. The van der Waals surface area contributed by atoms with E-state index in [0.717, 1.165) is 5.69 Å². The molecule has 0 spiro atoms.